The van der Waals surface area contributed by atoms with Crippen LogP contribution in [0, 0.1) is 0 Å². The van der Waals surface area contributed by atoms with Crippen LogP contribution < -0.4 is 21.9 Å². The van der Waals surface area contributed by atoms with Gasteiger partial charge in [-0.25, -0.2) is 0 Å². The first-order valence-corrected chi connectivity index (χ1v) is 20.0. The first-order valence-electron chi connectivity index (χ1n) is 20.0. The van der Waals surface area contributed by atoms with Crippen LogP contribution in [0.3, 0.4) is 0 Å². The molecule has 0 radical (unpaired) electrons. The van der Waals surface area contributed by atoms with Gasteiger partial charge in [0.2, 0.25) is 0 Å². The van der Waals surface area contributed by atoms with Crippen molar-refractivity contribution in [2.75, 3.05) is 0 Å². The molecule has 0 unspecified atom stereocenters. The van der Waals surface area contributed by atoms with Crippen LogP contribution in [0.4, 0.5) is 0 Å². The van der Waals surface area contributed by atoms with Crippen LogP contribution in [-0.2, 0) is 48.1 Å². The summed E-state index contributed by atoms with van der Waals surface area (Å²) in [6.07, 6.45) is 0. The predicted molar refractivity (Wildman–Crippen MR) is 220 cm³/mol. The topological polar surface area (TPSA) is 73.8 Å². The molecule has 0 atom stereocenters. The average molecular weight is 740 g/mol. The minimum absolute atomic E-state index is 0.445. The molecule has 2 aromatic rings. The number of hydrogen-bond donors (Lipinski definition) is 0. The van der Waals surface area contributed by atoms with Crippen LogP contribution in [0.5, 0.6) is 0 Å². The summed E-state index contributed by atoms with van der Waals surface area (Å²) >= 11 is 0. The molecule has 4 heterocycles. The van der Waals surface area contributed by atoms with E-state index in [4.69, 9.17) is 37.2 Å². The van der Waals surface area contributed by atoms with E-state index in [9.17, 15) is 0 Å². The van der Waals surface area contributed by atoms with E-state index in [1.165, 1.54) is 22.3 Å². The lowest BCUT2D eigenvalue weighted by Crippen LogP contribution is -2.55. The Kier molecular flexibility index (Phi) is 8.66. The summed E-state index contributed by atoms with van der Waals surface area (Å²) in [4.78, 5) is 0. The zero-order valence-corrected chi connectivity index (χ0v) is 36.9. The van der Waals surface area contributed by atoms with Gasteiger partial charge in [0.1, 0.15) is 0 Å². The summed E-state index contributed by atoms with van der Waals surface area (Å²) in [6.45, 7) is 42.8. The van der Waals surface area contributed by atoms with Crippen LogP contribution in [-0.4, -0.2) is 73.3 Å². The predicted octanol–water partition coefficient (Wildman–Crippen LogP) is 5.85. The van der Waals surface area contributed by atoms with E-state index in [1.807, 2.05) is 0 Å². The van der Waals surface area contributed by atoms with Crippen molar-refractivity contribution in [2.45, 2.75) is 194 Å². The molecular formula is C42H64B4O8. The molecule has 54 heavy (non-hydrogen) atoms. The van der Waals surface area contributed by atoms with Gasteiger partial charge in [0.15, 0.2) is 0 Å². The van der Waals surface area contributed by atoms with Gasteiger partial charge in [-0.2, -0.15) is 0 Å². The zero-order valence-electron chi connectivity index (χ0n) is 36.9. The first kappa shape index (κ1) is 40.6. The minimum Gasteiger partial charge on any atom is -0.399 e. The Labute approximate surface area is 327 Å². The Hall–Kier alpha value is -1.62. The maximum atomic E-state index is 6.77. The highest BCUT2D eigenvalue weighted by molar-refractivity contribution is 6.75. The van der Waals surface area contributed by atoms with Gasteiger partial charge in [0, 0.05) is 10.8 Å². The number of rotatable bonds is 4. The maximum Gasteiger partial charge on any atom is 0.494 e. The molecular weight excluding hydrogens is 676 g/mol. The summed E-state index contributed by atoms with van der Waals surface area (Å²) in [7, 11) is -2.44. The van der Waals surface area contributed by atoms with Gasteiger partial charge in [-0.1, -0.05) is 52.0 Å². The van der Waals surface area contributed by atoms with Crippen LogP contribution in [0.1, 0.15) is 161 Å². The second kappa shape index (κ2) is 11.5. The smallest absolute Gasteiger partial charge is 0.399 e. The monoisotopic (exact) mass is 740 g/mol. The van der Waals surface area contributed by atoms with Crippen molar-refractivity contribution in [2.24, 2.45) is 0 Å². The Morgan fingerprint density at radius 1 is 0.259 bits per heavy atom. The van der Waals surface area contributed by atoms with Crippen LogP contribution in [0.15, 0.2) is 24.3 Å². The molecule has 12 heteroatoms. The highest BCUT2D eigenvalue weighted by Gasteiger charge is 2.59. The fraction of sp³-hybridized carbons (Fsp3) is 0.714. The van der Waals surface area contributed by atoms with E-state index in [0.29, 0.717) is 0 Å². The van der Waals surface area contributed by atoms with Gasteiger partial charge < -0.3 is 37.2 Å². The third-order valence-corrected chi connectivity index (χ3v) is 15.2. The second-order valence-corrected chi connectivity index (χ2v) is 21.7. The third-order valence-electron chi connectivity index (χ3n) is 15.2. The Bertz CT molecular complexity index is 1560. The number of hydrogen-bond acceptors (Lipinski definition) is 8. The number of benzene rings is 2. The Morgan fingerprint density at radius 2 is 0.389 bits per heavy atom. The molecule has 0 amide bonds. The lowest BCUT2D eigenvalue weighted by molar-refractivity contribution is 0.00578. The summed E-state index contributed by atoms with van der Waals surface area (Å²) in [5.41, 5.74) is 3.44. The molecule has 4 fully saturated rings. The molecule has 0 spiro atoms. The van der Waals surface area contributed by atoms with E-state index in [-0.39, 0.29) is 0 Å². The van der Waals surface area contributed by atoms with E-state index < -0.39 is 84.1 Å². The van der Waals surface area contributed by atoms with Crippen molar-refractivity contribution in [3.05, 3.63) is 46.5 Å². The van der Waals surface area contributed by atoms with Crippen molar-refractivity contribution >= 4 is 50.3 Å². The fourth-order valence-electron chi connectivity index (χ4n) is 8.32. The van der Waals surface area contributed by atoms with E-state index >= 15 is 0 Å². The molecule has 0 N–H and O–H groups in total. The van der Waals surface area contributed by atoms with Gasteiger partial charge in [0.25, 0.3) is 0 Å². The average Bonchev–Trinajstić information content (AvgIpc) is 3.55. The Balaban J connectivity index is 1.45. The standard InChI is InChI=1S/C42H64B4O8/c1-33(2)25-21-29(43-47-35(5,6)36(7,8)48-43)31(45-51-39(13,14)40(15,16)52-45)23-27(25)34(3,4)28-24-32(46-53-41(17,18)42(19,20)54-46)30(22-26(28)33)44-49-37(9,10)38(11,12)50-44/h21-24H,1-20H3. The SMILES string of the molecule is CC1(C)c2cc(B3OC(C)(C)C(C)(C)O3)c(B3OC(C)(C)C(C)(C)O3)cc2C(C)(C)c2cc(B3OC(C)(C)C(C)(C)O3)c(B3OC(C)(C)C(C)(C)O3)cc21. The molecule has 4 saturated heterocycles. The van der Waals surface area contributed by atoms with E-state index in [2.05, 4.69) is 163 Å². The lowest BCUT2D eigenvalue weighted by Gasteiger charge is -2.45. The number of fused-ring (bicyclic) bond motifs is 2. The highest BCUT2D eigenvalue weighted by Crippen LogP contribution is 2.50. The highest BCUT2D eigenvalue weighted by atomic mass is 16.7. The summed E-state index contributed by atoms with van der Waals surface area (Å²) in [5, 5.41) is 0. The summed E-state index contributed by atoms with van der Waals surface area (Å²) < 4.78 is 54.2. The normalized spacial score (nSPS) is 28.4. The zero-order chi connectivity index (χ0) is 40.4. The quantitative estimate of drug-likeness (QED) is 0.362. The van der Waals surface area contributed by atoms with Crippen molar-refractivity contribution < 1.29 is 37.2 Å². The second-order valence-electron chi connectivity index (χ2n) is 21.7. The van der Waals surface area contributed by atoms with E-state index in [1.54, 1.807) is 0 Å². The van der Waals surface area contributed by atoms with Crippen LogP contribution in [0.25, 0.3) is 0 Å². The molecule has 5 aliphatic rings. The van der Waals surface area contributed by atoms with Crippen LogP contribution >= 0.6 is 0 Å². The van der Waals surface area contributed by atoms with Gasteiger partial charge in [-0.3, -0.25) is 0 Å². The van der Waals surface area contributed by atoms with Crippen molar-refractivity contribution in [3.8, 4) is 0 Å². The molecule has 0 bridgehead atoms. The first-order chi connectivity index (χ1) is 24.2. The van der Waals surface area contributed by atoms with Gasteiger partial charge in [0.05, 0.1) is 44.8 Å². The molecule has 292 valence electrons. The molecule has 0 aromatic heterocycles. The third kappa shape index (κ3) is 5.73. The van der Waals surface area contributed by atoms with E-state index in [0.717, 1.165) is 21.9 Å². The molecule has 2 aromatic carbocycles. The lowest BCUT2D eigenvalue weighted by atomic mass is 9.53. The summed E-state index contributed by atoms with van der Waals surface area (Å²) in [6, 6.07) is 9.22. The van der Waals surface area contributed by atoms with Gasteiger partial charge in [-0.15, -0.1) is 0 Å². The van der Waals surface area contributed by atoms with Crippen LogP contribution in [0.2, 0.25) is 0 Å². The molecule has 4 aliphatic heterocycles. The Morgan fingerprint density at radius 3 is 0.519 bits per heavy atom. The van der Waals surface area contributed by atoms with Gasteiger partial charge >= 0.3 is 28.5 Å². The summed E-state index contributed by atoms with van der Waals surface area (Å²) in [5.74, 6) is 0. The molecule has 1 aliphatic carbocycles. The largest absolute Gasteiger partial charge is 0.494 e. The minimum atomic E-state index is -0.610. The molecule has 0 saturated carbocycles. The molecule has 7 rings (SSSR count). The van der Waals surface area contributed by atoms with Gasteiger partial charge in [-0.05, 0) is 155 Å². The molecule has 8 nitrogen and oxygen atoms in total. The van der Waals surface area contributed by atoms with Crippen molar-refractivity contribution in [3.63, 3.8) is 0 Å². The maximum absolute atomic E-state index is 6.77. The fourth-order valence-corrected chi connectivity index (χ4v) is 8.32. The van der Waals surface area contributed by atoms with Crippen molar-refractivity contribution in [1.29, 1.82) is 0 Å². The van der Waals surface area contributed by atoms with Crippen molar-refractivity contribution in [1.82, 2.24) is 0 Å².